The molecule has 0 heterocycles. The van der Waals surface area contributed by atoms with Crippen LogP contribution in [-0.4, -0.2) is 25.5 Å². The first-order valence-electron chi connectivity index (χ1n) is 9.16. The van der Waals surface area contributed by atoms with Crippen molar-refractivity contribution in [2.75, 3.05) is 0 Å². The summed E-state index contributed by atoms with van der Waals surface area (Å²) in [5.74, 6) is -0.519. The van der Waals surface area contributed by atoms with Crippen LogP contribution in [0, 0.1) is 0 Å². The summed E-state index contributed by atoms with van der Waals surface area (Å²) in [5.41, 5.74) is 3.49. The normalized spacial score (nSPS) is 11.0. The zero-order valence-electron chi connectivity index (χ0n) is 15.5. The van der Waals surface area contributed by atoms with Crippen LogP contribution in [0.2, 0.25) is 0 Å². The van der Waals surface area contributed by atoms with Crippen LogP contribution in [0.1, 0.15) is 22.3 Å². The van der Waals surface area contributed by atoms with Gasteiger partial charge >= 0.3 is 0 Å². The summed E-state index contributed by atoms with van der Waals surface area (Å²) < 4.78 is 0. The monoisotopic (exact) mass is 388 g/mol. The van der Waals surface area contributed by atoms with E-state index in [4.69, 9.17) is 0 Å². The Labute approximate surface area is 167 Å². The van der Waals surface area contributed by atoms with Crippen LogP contribution in [0.15, 0.2) is 66.7 Å². The minimum Gasteiger partial charge on any atom is -0.507 e. The van der Waals surface area contributed by atoms with E-state index < -0.39 is 0 Å². The Balaban J connectivity index is 1.78. The van der Waals surface area contributed by atoms with E-state index in [1.165, 1.54) is 24.3 Å². The molecule has 146 valence electrons. The van der Waals surface area contributed by atoms with E-state index in [1.807, 2.05) is 18.2 Å². The van der Waals surface area contributed by atoms with Crippen LogP contribution < -0.4 is 0 Å². The third kappa shape index (κ3) is 3.75. The number of rotatable bonds is 4. The Morgan fingerprint density at radius 3 is 1.72 bits per heavy atom. The van der Waals surface area contributed by atoms with Crippen LogP contribution in [0.3, 0.4) is 0 Å². The van der Waals surface area contributed by atoms with Gasteiger partial charge in [-0.25, -0.2) is 0 Å². The van der Waals surface area contributed by atoms with Crippen molar-refractivity contribution in [1.29, 1.82) is 0 Å². The predicted molar refractivity (Wildman–Crippen MR) is 111 cm³/mol. The Kier molecular flexibility index (Phi) is 4.64. The maximum Gasteiger partial charge on any atom is 0.157 e. The molecule has 0 fully saturated rings. The van der Waals surface area contributed by atoms with Gasteiger partial charge in [-0.1, -0.05) is 36.4 Å². The van der Waals surface area contributed by atoms with Gasteiger partial charge in [-0.3, -0.25) is 0 Å². The molecule has 5 N–H and O–H groups in total. The van der Waals surface area contributed by atoms with E-state index in [0.717, 1.165) is 33.0 Å². The highest BCUT2D eigenvalue weighted by Gasteiger charge is 2.11. The van der Waals surface area contributed by atoms with Crippen molar-refractivity contribution in [2.45, 2.75) is 12.8 Å². The topological polar surface area (TPSA) is 101 Å². The molecule has 5 nitrogen and oxygen atoms in total. The van der Waals surface area contributed by atoms with Crippen molar-refractivity contribution in [1.82, 2.24) is 0 Å². The maximum absolute atomic E-state index is 10.4. The number of aromatic hydroxyl groups is 5. The van der Waals surface area contributed by atoms with E-state index in [-0.39, 0.29) is 28.7 Å². The maximum atomic E-state index is 10.4. The van der Waals surface area contributed by atoms with Gasteiger partial charge in [-0.2, -0.15) is 0 Å². The van der Waals surface area contributed by atoms with Crippen molar-refractivity contribution in [3.05, 3.63) is 89.0 Å². The second-order valence-corrected chi connectivity index (χ2v) is 7.13. The molecule has 4 aromatic rings. The largest absolute Gasteiger partial charge is 0.507 e. The SMILES string of the molecule is Oc1ccc(Cc2cc(Cc3ccc(O)c(O)c3)c3c(O)cccc3c2)cc1O. The molecule has 0 aromatic heterocycles. The van der Waals surface area contributed by atoms with Gasteiger partial charge in [0, 0.05) is 5.39 Å². The molecule has 0 bridgehead atoms. The van der Waals surface area contributed by atoms with E-state index in [1.54, 1.807) is 24.3 Å². The molecule has 5 heteroatoms. The van der Waals surface area contributed by atoms with Crippen LogP contribution in [-0.2, 0) is 12.8 Å². The molecule has 0 unspecified atom stereocenters. The van der Waals surface area contributed by atoms with Crippen molar-refractivity contribution in [3.63, 3.8) is 0 Å². The molecule has 0 saturated heterocycles. The van der Waals surface area contributed by atoms with Gasteiger partial charge in [0.25, 0.3) is 0 Å². The summed E-state index contributed by atoms with van der Waals surface area (Å²) in [6, 6.07) is 18.7. The molecule has 0 aliphatic rings. The predicted octanol–water partition coefficient (Wildman–Crippen LogP) is 4.55. The molecule has 0 amide bonds. The number of phenolic OH excluding ortho intramolecular Hbond substituents is 5. The van der Waals surface area contributed by atoms with Crippen molar-refractivity contribution < 1.29 is 25.5 Å². The lowest BCUT2D eigenvalue weighted by Crippen LogP contribution is -1.95. The van der Waals surface area contributed by atoms with Crippen molar-refractivity contribution in [3.8, 4) is 28.7 Å². The summed E-state index contributed by atoms with van der Waals surface area (Å²) in [4.78, 5) is 0. The van der Waals surface area contributed by atoms with E-state index >= 15 is 0 Å². The Morgan fingerprint density at radius 2 is 1.10 bits per heavy atom. The molecule has 4 rings (SSSR count). The molecule has 0 saturated carbocycles. The molecule has 0 aliphatic heterocycles. The van der Waals surface area contributed by atoms with Gasteiger partial charge in [0.1, 0.15) is 5.75 Å². The minimum absolute atomic E-state index is 0.162. The lowest BCUT2D eigenvalue weighted by atomic mass is 9.93. The highest BCUT2D eigenvalue weighted by molar-refractivity contribution is 5.92. The highest BCUT2D eigenvalue weighted by atomic mass is 16.3. The second-order valence-electron chi connectivity index (χ2n) is 7.13. The fourth-order valence-corrected chi connectivity index (χ4v) is 3.62. The highest BCUT2D eigenvalue weighted by Crippen LogP contribution is 2.34. The molecule has 29 heavy (non-hydrogen) atoms. The zero-order valence-corrected chi connectivity index (χ0v) is 15.5. The first-order chi connectivity index (χ1) is 13.9. The van der Waals surface area contributed by atoms with Crippen LogP contribution >= 0.6 is 0 Å². The zero-order chi connectivity index (χ0) is 20.5. The number of phenols is 5. The summed E-state index contributed by atoms with van der Waals surface area (Å²) in [7, 11) is 0. The van der Waals surface area contributed by atoms with Gasteiger partial charge in [0.15, 0.2) is 23.0 Å². The average Bonchev–Trinajstić information content (AvgIpc) is 2.67. The standard InChI is InChI=1S/C24H20O5/c25-19-6-4-14(12-22(19)28)8-16-10-17-2-1-3-21(27)24(17)18(11-16)9-15-5-7-20(26)23(29)13-15/h1-7,10-13,25-29H,8-9H2. The summed E-state index contributed by atoms with van der Waals surface area (Å²) in [6.45, 7) is 0. The van der Waals surface area contributed by atoms with Gasteiger partial charge in [0.05, 0.1) is 0 Å². The third-order valence-corrected chi connectivity index (χ3v) is 4.98. The number of hydrogen-bond donors (Lipinski definition) is 5. The van der Waals surface area contributed by atoms with Crippen molar-refractivity contribution in [2.24, 2.45) is 0 Å². The second kappa shape index (κ2) is 7.28. The van der Waals surface area contributed by atoms with Crippen molar-refractivity contribution >= 4 is 10.8 Å². The molecular formula is C24H20O5. The van der Waals surface area contributed by atoms with E-state index in [0.29, 0.717) is 12.8 Å². The number of fused-ring (bicyclic) bond motifs is 1. The lowest BCUT2D eigenvalue weighted by Gasteiger charge is -2.13. The van der Waals surface area contributed by atoms with E-state index in [9.17, 15) is 25.5 Å². The molecule has 0 radical (unpaired) electrons. The van der Waals surface area contributed by atoms with Crippen LogP contribution in [0.25, 0.3) is 10.8 Å². The smallest absolute Gasteiger partial charge is 0.157 e. The number of hydrogen-bond acceptors (Lipinski definition) is 5. The minimum atomic E-state index is -0.188. The Hall–Kier alpha value is -3.86. The third-order valence-electron chi connectivity index (χ3n) is 4.98. The average molecular weight is 388 g/mol. The fraction of sp³-hybridized carbons (Fsp3) is 0.0833. The number of benzene rings is 4. The molecule has 0 aliphatic carbocycles. The molecule has 0 atom stereocenters. The quantitative estimate of drug-likeness (QED) is 0.330. The lowest BCUT2D eigenvalue weighted by molar-refractivity contribution is 0.403. The summed E-state index contributed by atoms with van der Waals surface area (Å²) in [5, 5.41) is 50.7. The van der Waals surface area contributed by atoms with Gasteiger partial charge in [-0.15, -0.1) is 0 Å². The van der Waals surface area contributed by atoms with Crippen LogP contribution in [0.4, 0.5) is 0 Å². The van der Waals surface area contributed by atoms with Gasteiger partial charge < -0.3 is 25.5 Å². The fourth-order valence-electron chi connectivity index (χ4n) is 3.62. The van der Waals surface area contributed by atoms with Crippen LogP contribution in [0.5, 0.6) is 28.7 Å². The summed E-state index contributed by atoms with van der Waals surface area (Å²) in [6.07, 6.45) is 0.990. The molecular weight excluding hydrogens is 368 g/mol. The van der Waals surface area contributed by atoms with Gasteiger partial charge in [0.2, 0.25) is 0 Å². The summed E-state index contributed by atoms with van der Waals surface area (Å²) >= 11 is 0. The Morgan fingerprint density at radius 1 is 0.483 bits per heavy atom. The first-order valence-corrected chi connectivity index (χ1v) is 9.16. The van der Waals surface area contributed by atoms with E-state index in [2.05, 4.69) is 0 Å². The molecule has 4 aromatic carbocycles. The molecule has 0 spiro atoms. The Bertz CT molecular complexity index is 1210. The van der Waals surface area contributed by atoms with Gasteiger partial charge in [-0.05, 0) is 70.8 Å². The first kappa shape index (κ1) is 18.5.